The zero-order chi connectivity index (χ0) is 13.1. The van der Waals surface area contributed by atoms with Gasteiger partial charge in [-0.05, 0) is 12.3 Å². The molecule has 1 N–H and O–H groups in total. The van der Waals surface area contributed by atoms with Gasteiger partial charge in [0.1, 0.15) is 0 Å². The molecule has 0 spiro atoms. The molecule has 1 amide bonds. The predicted molar refractivity (Wildman–Crippen MR) is 57.8 cm³/mol. The molecule has 17 heavy (non-hydrogen) atoms. The molecule has 5 heteroatoms. The molecule has 0 heterocycles. The van der Waals surface area contributed by atoms with E-state index in [1.807, 2.05) is 0 Å². The Morgan fingerprint density at radius 3 is 2.71 bits per heavy atom. The number of allylic oxidation sites excluding steroid dienone is 3. The maximum absolute atomic E-state index is 12.5. The molecule has 0 aromatic carbocycles. The number of alkyl halides is 3. The summed E-state index contributed by atoms with van der Waals surface area (Å²) in [5.74, 6) is 1.10. The number of nitrogens with one attached hydrogen (secondary N) is 1. The maximum atomic E-state index is 12.5. The van der Waals surface area contributed by atoms with E-state index in [0.717, 1.165) is 6.08 Å². The van der Waals surface area contributed by atoms with Crippen molar-refractivity contribution in [2.24, 2.45) is 5.92 Å². The van der Waals surface area contributed by atoms with Gasteiger partial charge in [-0.2, -0.15) is 13.2 Å². The summed E-state index contributed by atoms with van der Waals surface area (Å²) >= 11 is 0. The van der Waals surface area contributed by atoms with Gasteiger partial charge in [0, 0.05) is 11.1 Å². The van der Waals surface area contributed by atoms with E-state index in [1.54, 1.807) is 0 Å². The van der Waals surface area contributed by atoms with Crippen LogP contribution in [-0.2, 0) is 4.79 Å². The monoisotopic (exact) mass is 243 g/mol. The van der Waals surface area contributed by atoms with Gasteiger partial charge >= 0.3 is 6.18 Å². The lowest BCUT2D eigenvalue weighted by atomic mass is 9.88. The summed E-state index contributed by atoms with van der Waals surface area (Å²) in [5, 5.41) is 2.42. The first-order valence-corrected chi connectivity index (χ1v) is 5.06. The highest BCUT2D eigenvalue weighted by Gasteiger charge is 2.38. The van der Waals surface area contributed by atoms with Crippen LogP contribution in [-0.4, -0.2) is 18.6 Å². The molecule has 1 atom stereocenters. The number of carbonyl (C=O) groups is 1. The van der Waals surface area contributed by atoms with E-state index in [2.05, 4.69) is 11.2 Å². The number of amides is 1. The summed E-state index contributed by atoms with van der Waals surface area (Å²) in [4.78, 5) is 11.5. The molecule has 0 saturated carbocycles. The highest BCUT2D eigenvalue weighted by Crippen LogP contribution is 2.36. The number of terminal acetylenes is 1. The molecular formula is C12H12F3NO. The molecule has 1 aliphatic rings. The highest BCUT2D eigenvalue weighted by atomic mass is 19.4. The van der Waals surface area contributed by atoms with Crippen molar-refractivity contribution in [3.8, 4) is 12.3 Å². The number of halogens is 3. The largest absolute Gasteiger partial charge is 0.412 e. The van der Waals surface area contributed by atoms with Gasteiger partial charge in [0.05, 0.1) is 6.54 Å². The molecule has 0 radical (unpaired) electrons. The van der Waals surface area contributed by atoms with Crippen molar-refractivity contribution in [3.05, 3.63) is 23.3 Å². The highest BCUT2D eigenvalue weighted by molar-refractivity contribution is 5.94. The molecule has 0 aromatic rings. The van der Waals surface area contributed by atoms with Crippen molar-refractivity contribution < 1.29 is 18.0 Å². The number of rotatable bonds is 2. The summed E-state index contributed by atoms with van der Waals surface area (Å²) in [5.41, 5.74) is -0.285. The van der Waals surface area contributed by atoms with Gasteiger partial charge in [-0.15, -0.1) is 6.42 Å². The van der Waals surface area contributed by atoms with Crippen LogP contribution in [0.3, 0.4) is 0 Å². The topological polar surface area (TPSA) is 29.1 Å². The Hall–Kier alpha value is -1.70. The fourth-order valence-corrected chi connectivity index (χ4v) is 1.65. The number of hydrogen-bond donors (Lipinski definition) is 1. The Balaban J connectivity index is 2.82. The lowest BCUT2D eigenvalue weighted by Gasteiger charge is -2.22. The third-order valence-corrected chi connectivity index (χ3v) is 2.49. The fraction of sp³-hybridized carbons (Fsp3) is 0.417. The van der Waals surface area contributed by atoms with Crippen molar-refractivity contribution in [3.63, 3.8) is 0 Å². The van der Waals surface area contributed by atoms with Crippen LogP contribution in [0.25, 0.3) is 0 Å². The minimum absolute atomic E-state index is 0.0698. The van der Waals surface area contributed by atoms with E-state index in [9.17, 15) is 18.0 Å². The van der Waals surface area contributed by atoms with E-state index in [-0.39, 0.29) is 13.0 Å². The first-order chi connectivity index (χ1) is 7.86. The second kappa shape index (κ2) is 5.09. The summed E-state index contributed by atoms with van der Waals surface area (Å²) in [7, 11) is 0. The van der Waals surface area contributed by atoms with Crippen LogP contribution < -0.4 is 5.32 Å². The first-order valence-electron chi connectivity index (χ1n) is 5.06. The summed E-state index contributed by atoms with van der Waals surface area (Å²) < 4.78 is 37.5. The quantitative estimate of drug-likeness (QED) is 0.740. The van der Waals surface area contributed by atoms with Gasteiger partial charge in [0.2, 0.25) is 5.91 Å². The molecule has 0 fully saturated rings. The molecule has 1 unspecified atom stereocenters. The van der Waals surface area contributed by atoms with Crippen LogP contribution in [0.2, 0.25) is 0 Å². The minimum Gasteiger partial charge on any atom is -0.341 e. The minimum atomic E-state index is -4.34. The summed E-state index contributed by atoms with van der Waals surface area (Å²) in [6, 6.07) is 0. The van der Waals surface area contributed by atoms with Gasteiger partial charge < -0.3 is 5.32 Å². The molecule has 2 nitrogen and oxygen atoms in total. The average Bonchev–Trinajstić information content (AvgIpc) is 2.23. The second-order valence-corrected chi connectivity index (χ2v) is 3.80. The van der Waals surface area contributed by atoms with Crippen LogP contribution in [0.5, 0.6) is 0 Å². The van der Waals surface area contributed by atoms with Gasteiger partial charge in [0.25, 0.3) is 0 Å². The molecule has 92 valence electrons. The van der Waals surface area contributed by atoms with Crippen molar-refractivity contribution in [2.75, 3.05) is 6.54 Å². The van der Waals surface area contributed by atoms with Gasteiger partial charge in [-0.1, -0.05) is 25.0 Å². The zero-order valence-corrected chi connectivity index (χ0v) is 9.27. The van der Waals surface area contributed by atoms with E-state index >= 15 is 0 Å². The fourth-order valence-electron chi connectivity index (χ4n) is 1.65. The van der Waals surface area contributed by atoms with Crippen molar-refractivity contribution in [1.82, 2.24) is 5.32 Å². The van der Waals surface area contributed by atoms with E-state index < -0.39 is 23.6 Å². The predicted octanol–water partition coefficient (Wildman–Crippen LogP) is 2.19. The first kappa shape index (κ1) is 13.4. The lowest BCUT2D eigenvalue weighted by Crippen LogP contribution is -2.29. The van der Waals surface area contributed by atoms with Crippen molar-refractivity contribution in [2.45, 2.75) is 19.5 Å². The van der Waals surface area contributed by atoms with Crippen molar-refractivity contribution >= 4 is 5.91 Å². The van der Waals surface area contributed by atoms with Crippen LogP contribution in [0.1, 0.15) is 13.3 Å². The SMILES string of the molecule is C#CCNC(=O)C1=CC=C(C(F)(F)F)C(C)C1. The molecule has 1 rings (SSSR count). The molecule has 1 aliphatic carbocycles. The van der Waals surface area contributed by atoms with Crippen LogP contribution >= 0.6 is 0 Å². The number of hydrogen-bond acceptors (Lipinski definition) is 1. The molecule has 0 bridgehead atoms. The Labute approximate surface area is 97.6 Å². The molecule has 0 aromatic heterocycles. The van der Waals surface area contributed by atoms with E-state index in [0.29, 0.717) is 5.57 Å². The smallest absolute Gasteiger partial charge is 0.341 e. The Morgan fingerprint density at radius 1 is 1.59 bits per heavy atom. The van der Waals surface area contributed by atoms with Crippen LogP contribution in [0.15, 0.2) is 23.3 Å². The van der Waals surface area contributed by atoms with Gasteiger partial charge in [0.15, 0.2) is 0 Å². The Morgan fingerprint density at radius 2 is 2.24 bits per heavy atom. The molecular weight excluding hydrogens is 231 g/mol. The van der Waals surface area contributed by atoms with Crippen LogP contribution in [0.4, 0.5) is 13.2 Å². The number of carbonyl (C=O) groups excluding carboxylic acids is 1. The summed E-state index contributed by atoms with van der Waals surface area (Å²) in [6.07, 6.45) is 2.86. The van der Waals surface area contributed by atoms with Gasteiger partial charge in [-0.3, -0.25) is 4.79 Å². The maximum Gasteiger partial charge on any atom is 0.412 e. The molecule has 0 aliphatic heterocycles. The summed E-state index contributed by atoms with van der Waals surface area (Å²) in [6.45, 7) is 1.52. The van der Waals surface area contributed by atoms with E-state index in [1.165, 1.54) is 13.0 Å². The zero-order valence-electron chi connectivity index (χ0n) is 9.27. The third kappa shape index (κ3) is 3.38. The van der Waals surface area contributed by atoms with E-state index in [4.69, 9.17) is 6.42 Å². The van der Waals surface area contributed by atoms with Crippen LogP contribution in [0, 0.1) is 18.3 Å². The normalized spacial score (nSPS) is 20.1. The van der Waals surface area contributed by atoms with Crippen molar-refractivity contribution in [1.29, 1.82) is 0 Å². The molecule has 0 saturated heterocycles. The Kier molecular flexibility index (Phi) is 4.00. The Bertz CT molecular complexity index is 412. The lowest BCUT2D eigenvalue weighted by molar-refractivity contribution is -0.118. The standard InChI is InChI=1S/C12H12F3NO/c1-3-6-16-11(17)9-4-5-10(8(2)7-9)12(13,14)15/h1,4-5,8H,6-7H2,2H3,(H,16,17). The average molecular weight is 243 g/mol. The second-order valence-electron chi connectivity index (χ2n) is 3.80. The third-order valence-electron chi connectivity index (χ3n) is 2.49. The van der Waals surface area contributed by atoms with Gasteiger partial charge in [-0.25, -0.2) is 0 Å².